The third kappa shape index (κ3) is 1.36. The number of fused-ring (bicyclic) bond motifs is 1. The average molecular weight is 184 g/mol. The summed E-state index contributed by atoms with van der Waals surface area (Å²) in [6, 6.07) is 7.67. The van der Waals surface area contributed by atoms with Crippen molar-refractivity contribution in [3.63, 3.8) is 0 Å². The first-order chi connectivity index (χ1) is 6.81. The van der Waals surface area contributed by atoms with Gasteiger partial charge in [0, 0.05) is 18.6 Å². The third-order valence-corrected chi connectivity index (χ3v) is 1.93. The van der Waals surface area contributed by atoms with E-state index < -0.39 is 0 Å². The van der Waals surface area contributed by atoms with Crippen LogP contribution in [0.4, 0.5) is 5.95 Å². The number of rotatable bonds is 1. The summed E-state index contributed by atoms with van der Waals surface area (Å²) in [5.74, 6) is 0.422. The predicted molar refractivity (Wildman–Crippen MR) is 53.6 cm³/mol. The maximum Gasteiger partial charge on any atom is 0.239 e. The van der Waals surface area contributed by atoms with E-state index in [9.17, 15) is 0 Å². The first kappa shape index (κ1) is 8.45. The van der Waals surface area contributed by atoms with Gasteiger partial charge >= 0.3 is 0 Å². The summed E-state index contributed by atoms with van der Waals surface area (Å²) in [5, 5.41) is 9.63. The van der Waals surface area contributed by atoms with Crippen molar-refractivity contribution in [2.45, 2.75) is 0 Å². The molecule has 4 nitrogen and oxygen atoms in total. The van der Waals surface area contributed by atoms with Crippen LogP contribution in [0.2, 0.25) is 0 Å². The Bertz CT molecular complexity index is 501. The molecule has 0 spiro atoms. The normalized spacial score (nSPS) is 9.71. The molecule has 0 N–H and O–H groups in total. The number of aromatic nitrogens is 2. The van der Waals surface area contributed by atoms with Crippen LogP contribution in [0, 0.1) is 11.5 Å². The molecule has 1 aromatic heterocycles. The van der Waals surface area contributed by atoms with Gasteiger partial charge in [-0.1, -0.05) is 18.2 Å². The lowest BCUT2D eigenvalue weighted by molar-refractivity contribution is 1.07. The molecule has 68 valence electrons. The van der Waals surface area contributed by atoms with Crippen molar-refractivity contribution in [3.05, 3.63) is 30.5 Å². The van der Waals surface area contributed by atoms with E-state index in [1.54, 1.807) is 13.2 Å². The Labute approximate surface area is 81.4 Å². The second-order valence-corrected chi connectivity index (χ2v) is 2.89. The molecule has 2 aromatic rings. The van der Waals surface area contributed by atoms with Gasteiger partial charge in [-0.05, 0) is 6.07 Å². The molecular weight excluding hydrogens is 176 g/mol. The van der Waals surface area contributed by atoms with E-state index in [4.69, 9.17) is 5.26 Å². The van der Waals surface area contributed by atoms with Crippen LogP contribution in [0.15, 0.2) is 30.5 Å². The summed E-state index contributed by atoms with van der Waals surface area (Å²) >= 11 is 0. The zero-order valence-electron chi connectivity index (χ0n) is 7.68. The van der Waals surface area contributed by atoms with Crippen LogP contribution in [0.5, 0.6) is 0 Å². The number of nitrogens with zero attached hydrogens (tertiary/aromatic N) is 4. The van der Waals surface area contributed by atoms with Gasteiger partial charge in [0.1, 0.15) is 0 Å². The highest BCUT2D eigenvalue weighted by Crippen LogP contribution is 2.12. The molecule has 0 saturated heterocycles. The molecular formula is C10H8N4. The Hall–Kier alpha value is -2.15. The van der Waals surface area contributed by atoms with E-state index in [2.05, 4.69) is 9.97 Å². The van der Waals surface area contributed by atoms with Crippen LogP contribution >= 0.6 is 0 Å². The molecule has 0 aliphatic carbocycles. The van der Waals surface area contributed by atoms with Gasteiger partial charge in [0.15, 0.2) is 6.19 Å². The molecule has 0 atom stereocenters. The molecule has 0 unspecified atom stereocenters. The van der Waals surface area contributed by atoms with Crippen molar-refractivity contribution < 1.29 is 0 Å². The molecule has 14 heavy (non-hydrogen) atoms. The van der Waals surface area contributed by atoms with E-state index in [0.29, 0.717) is 5.95 Å². The zero-order chi connectivity index (χ0) is 9.97. The van der Waals surface area contributed by atoms with E-state index in [1.807, 2.05) is 30.5 Å². The van der Waals surface area contributed by atoms with Crippen molar-refractivity contribution in [2.24, 2.45) is 0 Å². The van der Waals surface area contributed by atoms with Crippen LogP contribution in [0.1, 0.15) is 0 Å². The minimum absolute atomic E-state index is 0.422. The Morgan fingerprint density at radius 1 is 1.36 bits per heavy atom. The fourth-order valence-electron chi connectivity index (χ4n) is 1.17. The first-order valence-corrected chi connectivity index (χ1v) is 4.16. The first-order valence-electron chi connectivity index (χ1n) is 4.16. The van der Waals surface area contributed by atoms with Gasteiger partial charge in [-0.3, -0.25) is 4.90 Å². The predicted octanol–water partition coefficient (Wildman–Crippen LogP) is 1.55. The van der Waals surface area contributed by atoms with Gasteiger partial charge in [0.25, 0.3) is 0 Å². The molecule has 2 rings (SSSR count). The SMILES string of the molecule is CN(C#N)c1ncc2ccccc2n1. The van der Waals surface area contributed by atoms with Crippen LogP contribution in [-0.4, -0.2) is 17.0 Å². The van der Waals surface area contributed by atoms with Crippen molar-refractivity contribution in [1.82, 2.24) is 9.97 Å². The minimum atomic E-state index is 0.422. The number of para-hydroxylation sites is 1. The summed E-state index contributed by atoms with van der Waals surface area (Å²) in [5.41, 5.74) is 0.847. The van der Waals surface area contributed by atoms with Crippen molar-refractivity contribution >= 4 is 16.9 Å². The maximum atomic E-state index is 8.66. The summed E-state index contributed by atoms with van der Waals surface area (Å²) in [6.45, 7) is 0. The van der Waals surface area contributed by atoms with Gasteiger partial charge in [0.05, 0.1) is 5.52 Å². The smallest absolute Gasteiger partial charge is 0.239 e. The van der Waals surface area contributed by atoms with Gasteiger partial charge in [-0.15, -0.1) is 0 Å². The second-order valence-electron chi connectivity index (χ2n) is 2.89. The lowest BCUT2D eigenvalue weighted by Crippen LogP contribution is -2.11. The molecule has 1 heterocycles. The van der Waals surface area contributed by atoms with Crippen molar-refractivity contribution in [3.8, 4) is 6.19 Å². The van der Waals surface area contributed by atoms with E-state index in [1.165, 1.54) is 4.90 Å². The highest BCUT2D eigenvalue weighted by molar-refractivity contribution is 5.78. The van der Waals surface area contributed by atoms with Crippen LogP contribution in [0.3, 0.4) is 0 Å². The number of nitriles is 1. The molecule has 0 aliphatic rings. The quantitative estimate of drug-likeness (QED) is 0.498. The molecule has 0 bridgehead atoms. The topological polar surface area (TPSA) is 52.8 Å². The van der Waals surface area contributed by atoms with Gasteiger partial charge in [-0.25, -0.2) is 9.97 Å². The Morgan fingerprint density at radius 2 is 2.14 bits per heavy atom. The highest BCUT2D eigenvalue weighted by Gasteiger charge is 2.02. The molecule has 0 saturated carbocycles. The lowest BCUT2D eigenvalue weighted by Gasteiger charge is -2.06. The molecule has 0 fully saturated rings. The number of anilines is 1. The fraction of sp³-hybridized carbons (Fsp3) is 0.100. The number of hydrogen-bond donors (Lipinski definition) is 0. The summed E-state index contributed by atoms with van der Waals surface area (Å²) in [4.78, 5) is 9.63. The number of hydrogen-bond acceptors (Lipinski definition) is 4. The largest absolute Gasteiger partial charge is 0.250 e. The summed E-state index contributed by atoms with van der Waals surface area (Å²) in [7, 11) is 1.63. The Kier molecular flexibility index (Phi) is 1.99. The van der Waals surface area contributed by atoms with Crippen molar-refractivity contribution in [2.75, 3.05) is 11.9 Å². The van der Waals surface area contributed by atoms with Crippen LogP contribution < -0.4 is 4.90 Å². The zero-order valence-corrected chi connectivity index (χ0v) is 7.68. The maximum absolute atomic E-state index is 8.66. The van der Waals surface area contributed by atoms with E-state index in [0.717, 1.165) is 10.9 Å². The number of benzene rings is 1. The fourth-order valence-corrected chi connectivity index (χ4v) is 1.17. The molecule has 0 amide bonds. The Balaban J connectivity index is 2.58. The monoisotopic (exact) mass is 184 g/mol. The summed E-state index contributed by atoms with van der Waals surface area (Å²) < 4.78 is 0. The Morgan fingerprint density at radius 3 is 2.93 bits per heavy atom. The molecule has 0 aliphatic heterocycles. The lowest BCUT2D eigenvalue weighted by atomic mass is 10.2. The standard InChI is InChI=1S/C10H8N4/c1-14(7-11)10-12-6-8-4-2-3-5-9(8)13-10/h2-6H,1H3. The van der Waals surface area contributed by atoms with E-state index in [-0.39, 0.29) is 0 Å². The van der Waals surface area contributed by atoms with Gasteiger partial charge in [0.2, 0.25) is 5.95 Å². The molecule has 0 radical (unpaired) electrons. The highest BCUT2D eigenvalue weighted by atomic mass is 15.2. The van der Waals surface area contributed by atoms with E-state index >= 15 is 0 Å². The molecule has 1 aromatic carbocycles. The van der Waals surface area contributed by atoms with Crippen LogP contribution in [0.25, 0.3) is 10.9 Å². The van der Waals surface area contributed by atoms with Gasteiger partial charge < -0.3 is 0 Å². The average Bonchev–Trinajstić information content (AvgIpc) is 2.27. The molecule has 4 heteroatoms. The second kappa shape index (κ2) is 3.30. The van der Waals surface area contributed by atoms with Gasteiger partial charge in [-0.2, -0.15) is 5.26 Å². The van der Waals surface area contributed by atoms with Crippen molar-refractivity contribution in [1.29, 1.82) is 5.26 Å². The third-order valence-electron chi connectivity index (χ3n) is 1.93. The minimum Gasteiger partial charge on any atom is -0.250 e. The summed E-state index contributed by atoms with van der Waals surface area (Å²) in [6.07, 6.45) is 3.67. The van der Waals surface area contributed by atoms with Crippen LogP contribution in [-0.2, 0) is 0 Å².